The van der Waals surface area contributed by atoms with Gasteiger partial charge in [-0.2, -0.15) is 0 Å². The zero-order chi connectivity index (χ0) is 11.6. The number of nitrogens with one attached hydrogen (secondary N) is 1. The van der Waals surface area contributed by atoms with Crippen LogP contribution in [-0.2, 0) is 6.54 Å². The molecule has 3 heteroatoms. The molecule has 1 unspecified atom stereocenters. The molecule has 1 spiro atoms. The summed E-state index contributed by atoms with van der Waals surface area (Å²) in [5, 5.41) is 3.73. The molecule has 0 saturated carbocycles. The molecule has 0 radical (unpaired) electrons. The van der Waals surface area contributed by atoms with E-state index in [1.165, 1.54) is 43.8 Å². The minimum Gasteiger partial charge on any atom is -0.302 e. The zero-order valence-electron chi connectivity index (χ0n) is 10.2. The predicted octanol–water partition coefficient (Wildman–Crippen LogP) is 2.32. The number of benzene rings is 1. The minimum atomic E-state index is 0.368. The lowest BCUT2D eigenvalue weighted by atomic mass is 10.2. The first-order chi connectivity index (χ1) is 8.36. The maximum Gasteiger partial charge on any atom is 0.0786 e. The monoisotopic (exact) mass is 248 g/mol. The van der Waals surface area contributed by atoms with Crippen LogP contribution in [0.2, 0.25) is 0 Å². The second kappa shape index (κ2) is 5.01. The first-order valence-corrected chi connectivity index (χ1v) is 7.50. The summed E-state index contributed by atoms with van der Waals surface area (Å²) >= 11 is 2.13. The molecule has 2 heterocycles. The molecule has 3 rings (SSSR count). The number of likely N-dealkylation sites (tertiary alicyclic amines) is 1. The Balaban J connectivity index is 1.60. The van der Waals surface area contributed by atoms with Gasteiger partial charge in [0.05, 0.1) is 4.87 Å². The molecule has 17 heavy (non-hydrogen) atoms. The average Bonchev–Trinajstić information content (AvgIpc) is 2.74. The lowest BCUT2D eigenvalue weighted by Crippen LogP contribution is -2.47. The highest BCUT2D eigenvalue weighted by molar-refractivity contribution is 8.00. The molecule has 2 aliphatic rings. The number of nitrogens with zero attached hydrogens (tertiary/aromatic N) is 1. The zero-order valence-corrected chi connectivity index (χ0v) is 11.0. The van der Waals surface area contributed by atoms with Gasteiger partial charge in [0.15, 0.2) is 0 Å². The highest BCUT2D eigenvalue weighted by Gasteiger charge is 2.39. The highest BCUT2D eigenvalue weighted by atomic mass is 32.2. The van der Waals surface area contributed by atoms with Crippen LogP contribution in [0, 0.1) is 0 Å². The van der Waals surface area contributed by atoms with E-state index in [1.54, 1.807) is 0 Å². The van der Waals surface area contributed by atoms with Crippen molar-refractivity contribution in [1.29, 1.82) is 0 Å². The number of rotatable bonds is 2. The SMILES string of the molecule is c1ccc(CN2CCC3(C2)NCCCS3)cc1. The third-order valence-electron chi connectivity index (χ3n) is 3.71. The van der Waals surface area contributed by atoms with Crippen LogP contribution in [0.4, 0.5) is 0 Å². The smallest absolute Gasteiger partial charge is 0.0786 e. The first-order valence-electron chi connectivity index (χ1n) is 6.52. The van der Waals surface area contributed by atoms with Crippen molar-refractivity contribution in [2.45, 2.75) is 24.3 Å². The molecular formula is C14H20N2S. The van der Waals surface area contributed by atoms with E-state index in [0.717, 1.165) is 6.54 Å². The van der Waals surface area contributed by atoms with Gasteiger partial charge in [-0.1, -0.05) is 30.3 Å². The fraction of sp³-hybridized carbons (Fsp3) is 0.571. The van der Waals surface area contributed by atoms with Gasteiger partial charge in [0.1, 0.15) is 0 Å². The summed E-state index contributed by atoms with van der Waals surface area (Å²) in [5.41, 5.74) is 1.44. The molecule has 0 amide bonds. The normalized spacial score (nSPS) is 29.9. The van der Waals surface area contributed by atoms with Gasteiger partial charge in [-0.3, -0.25) is 4.90 Å². The fourth-order valence-corrected chi connectivity index (χ4v) is 4.20. The molecule has 0 bridgehead atoms. The van der Waals surface area contributed by atoms with Crippen LogP contribution in [-0.4, -0.2) is 35.2 Å². The van der Waals surface area contributed by atoms with E-state index in [0.29, 0.717) is 4.87 Å². The summed E-state index contributed by atoms with van der Waals surface area (Å²) in [6, 6.07) is 10.8. The summed E-state index contributed by atoms with van der Waals surface area (Å²) in [4.78, 5) is 2.95. The van der Waals surface area contributed by atoms with Gasteiger partial charge in [-0.25, -0.2) is 0 Å². The van der Waals surface area contributed by atoms with Crippen LogP contribution >= 0.6 is 11.8 Å². The van der Waals surface area contributed by atoms with E-state index in [1.807, 2.05) is 0 Å². The third kappa shape index (κ3) is 2.67. The van der Waals surface area contributed by atoms with Crippen LogP contribution in [0.25, 0.3) is 0 Å². The van der Waals surface area contributed by atoms with Crippen molar-refractivity contribution in [3.05, 3.63) is 35.9 Å². The molecule has 1 aromatic carbocycles. The first kappa shape index (κ1) is 11.6. The van der Waals surface area contributed by atoms with E-state index in [9.17, 15) is 0 Å². The van der Waals surface area contributed by atoms with Gasteiger partial charge in [-0.05, 0) is 30.7 Å². The van der Waals surface area contributed by atoms with Gasteiger partial charge < -0.3 is 5.32 Å². The van der Waals surface area contributed by atoms with Crippen molar-refractivity contribution in [2.75, 3.05) is 25.4 Å². The van der Waals surface area contributed by atoms with Crippen LogP contribution in [0.1, 0.15) is 18.4 Å². The van der Waals surface area contributed by atoms with Crippen LogP contribution in [0.15, 0.2) is 30.3 Å². The lowest BCUT2D eigenvalue weighted by Gasteiger charge is -2.34. The van der Waals surface area contributed by atoms with E-state index >= 15 is 0 Å². The van der Waals surface area contributed by atoms with E-state index in [2.05, 4.69) is 52.3 Å². The van der Waals surface area contributed by atoms with Crippen LogP contribution in [0.3, 0.4) is 0 Å². The van der Waals surface area contributed by atoms with E-state index in [4.69, 9.17) is 0 Å². The van der Waals surface area contributed by atoms with Crippen molar-refractivity contribution in [3.63, 3.8) is 0 Å². The Labute approximate surface area is 108 Å². The molecule has 2 saturated heterocycles. The molecule has 1 atom stereocenters. The Hall–Kier alpha value is -0.510. The Morgan fingerprint density at radius 2 is 2.18 bits per heavy atom. The lowest BCUT2D eigenvalue weighted by molar-refractivity contribution is 0.312. The van der Waals surface area contributed by atoms with E-state index in [-0.39, 0.29) is 0 Å². The summed E-state index contributed by atoms with van der Waals surface area (Å²) < 4.78 is 0. The van der Waals surface area contributed by atoms with E-state index < -0.39 is 0 Å². The number of hydrogen-bond donors (Lipinski definition) is 1. The molecule has 0 aromatic heterocycles. The summed E-state index contributed by atoms with van der Waals surface area (Å²) in [7, 11) is 0. The molecule has 0 aliphatic carbocycles. The number of thioether (sulfide) groups is 1. The van der Waals surface area contributed by atoms with Crippen LogP contribution in [0.5, 0.6) is 0 Å². The Kier molecular flexibility index (Phi) is 3.41. The molecule has 2 nitrogen and oxygen atoms in total. The van der Waals surface area contributed by atoms with Crippen molar-refractivity contribution in [3.8, 4) is 0 Å². The summed E-state index contributed by atoms with van der Waals surface area (Å²) in [5.74, 6) is 1.33. The van der Waals surface area contributed by atoms with Gasteiger partial charge >= 0.3 is 0 Å². The second-order valence-electron chi connectivity index (χ2n) is 5.07. The van der Waals surface area contributed by atoms with Crippen LogP contribution < -0.4 is 5.32 Å². The van der Waals surface area contributed by atoms with Crippen molar-refractivity contribution in [1.82, 2.24) is 10.2 Å². The Bertz CT molecular complexity index is 360. The summed E-state index contributed by atoms with van der Waals surface area (Å²) in [6.45, 7) is 4.73. The maximum atomic E-state index is 3.73. The molecule has 1 N–H and O–H groups in total. The Morgan fingerprint density at radius 1 is 1.29 bits per heavy atom. The highest BCUT2D eigenvalue weighted by Crippen LogP contribution is 2.35. The largest absolute Gasteiger partial charge is 0.302 e. The average molecular weight is 248 g/mol. The topological polar surface area (TPSA) is 15.3 Å². The molecule has 2 fully saturated rings. The van der Waals surface area contributed by atoms with Crippen molar-refractivity contribution >= 4 is 11.8 Å². The quantitative estimate of drug-likeness (QED) is 0.864. The van der Waals surface area contributed by atoms with Crippen molar-refractivity contribution < 1.29 is 0 Å². The Morgan fingerprint density at radius 3 is 2.94 bits per heavy atom. The molecule has 1 aromatic rings. The van der Waals surface area contributed by atoms with Gasteiger partial charge in [0.2, 0.25) is 0 Å². The standard InChI is InChI=1S/C14H20N2S/c1-2-5-13(6-3-1)11-16-9-7-14(12-16)15-8-4-10-17-14/h1-3,5-6,15H,4,7-12H2. The van der Waals surface area contributed by atoms with Gasteiger partial charge in [0, 0.05) is 19.6 Å². The van der Waals surface area contributed by atoms with Gasteiger partial charge in [0.25, 0.3) is 0 Å². The molecular weight excluding hydrogens is 228 g/mol. The minimum absolute atomic E-state index is 0.368. The molecule has 2 aliphatic heterocycles. The van der Waals surface area contributed by atoms with Gasteiger partial charge in [-0.15, -0.1) is 11.8 Å². The number of hydrogen-bond acceptors (Lipinski definition) is 3. The third-order valence-corrected chi connectivity index (χ3v) is 5.23. The predicted molar refractivity (Wildman–Crippen MR) is 74.1 cm³/mol. The summed E-state index contributed by atoms with van der Waals surface area (Å²) in [6.07, 6.45) is 2.62. The fourth-order valence-electron chi connectivity index (χ4n) is 2.80. The maximum absolute atomic E-state index is 3.73. The van der Waals surface area contributed by atoms with Crippen molar-refractivity contribution in [2.24, 2.45) is 0 Å². The molecule has 92 valence electrons. The second-order valence-corrected chi connectivity index (χ2v) is 6.55.